The van der Waals surface area contributed by atoms with Crippen molar-refractivity contribution < 1.29 is 13.2 Å². The highest BCUT2D eigenvalue weighted by Crippen LogP contribution is 2.36. The standard InChI is InChI=1S/C27H21Cl3N2O3S2/c28-20-15-13-19(14-16-20)18-36-25-12-5-4-10-23(25)31-26(33)17-32(24-11-6-9-22(29)27(24)30)37(34,35)21-7-2-1-3-8-21/h1-16H,17-18H2,(H,31,33). The van der Waals surface area contributed by atoms with E-state index in [-0.39, 0.29) is 20.6 Å². The van der Waals surface area contributed by atoms with E-state index in [1.165, 1.54) is 18.2 Å². The summed E-state index contributed by atoms with van der Waals surface area (Å²) < 4.78 is 28.1. The second kappa shape index (κ2) is 12.2. The zero-order chi connectivity index (χ0) is 26.4. The number of halogens is 3. The van der Waals surface area contributed by atoms with Gasteiger partial charge >= 0.3 is 0 Å². The molecular formula is C27H21Cl3N2O3S2. The molecule has 1 N–H and O–H groups in total. The maximum Gasteiger partial charge on any atom is 0.264 e. The average molecular weight is 592 g/mol. The lowest BCUT2D eigenvalue weighted by molar-refractivity contribution is -0.114. The summed E-state index contributed by atoms with van der Waals surface area (Å²) in [5.41, 5.74) is 1.76. The maximum absolute atomic E-state index is 13.6. The van der Waals surface area contributed by atoms with Gasteiger partial charge in [-0.3, -0.25) is 9.10 Å². The third-order valence-corrected chi connectivity index (χ3v) is 9.27. The fraction of sp³-hybridized carbons (Fsp3) is 0.0741. The van der Waals surface area contributed by atoms with Crippen LogP contribution in [0, 0.1) is 0 Å². The predicted octanol–water partition coefficient (Wildman–Crippen LogP) is 7.77. The van der Waals surface area contributed by atoms with E-state index in [1.807, 2.05) is 36.4 Å². The topological polar surface area (TPSA) is 66.5 Å². The van der Waals surface area contributed by atoms with Gasteiger partial charge < -0.3 is 5.32 Å². The van der Waals surface area contributed by atoms with Gasteiger partial charge in [-0.2, -0.15) is 0 Å². The van der Waals surface area contributed by atoms with Gasteiger partial charge in [0.15, 0.2) is 0 Å². The number of carbonyl (C=O) groups excluding carboxylic acids is 1. The molecule has 10 heteroatoms. The Morgan fingerprint density at radius 1 is 0.811 bits per heavy atom. The van der Waals surface area contributed by atoms with E-state index in [0.717, 1.165) is 14.8 Å². The Morgan fingerprint density at radius 3 is 2.22 bits per heavy atom. The molecule has 0 aliphatic rings. The van der Waals surface area contributed by atoms with E-state index < -0.39 is 22.5 Å². The monoisotopic (exact) mass is 590 g/mol. The lowest BCUT2D eigenvalue weighted by atomic mass is 10.2. The van der Waals surface area contributed by atoms with Gasteiger partial charge in [0.1, 0.15) is 6.54 Å². The van der Waals surface area contributed by atoms with Crippen LogP contribution in [0.25, 0.3) is 0 Å². The SMILES string of the molecule is O=C(CN(c1cccc(Cl)c1Cl)S(=O)(=O)c1ccccc1)Nc1ccccc1SCc1ccc(Cl)cc1. The first-order valence-electron chi connectivity index (χ1n) is 11.0. The van der Waals surface area contributed by atoms with Crippen LogP contribution < -0.4 is 9.62 Å². The molecule has 4 aromatic carbocycles. The number of benzene rings is 4. The smallest absolute Gasteiger partial charge is 0.264 e. The number of thioether (sulfide) groups is 1. The number of anilines is 2. The fourth-order valence-corrected chi connectivity index (χ4v) is 6.45. The number of nitrogens with one attached hydrogen (secondary N) is 1. The lowest BCUT2D eigenvalue weighted by Crippen LogP contribution is -2.38. The number of para-hydroxylation sites is 1. The number of carbonyl (C=O) groups is 1. The summed E-state index contributed by atoms with van der Waals surface area (Å²) in [4.78, 5) is 14.1. The van der Waals surface area contributed by atoms with Crippen LogP contribution in [0.3, 0.4) is 0 Å². The summed E-state index contributed by atoms with van der Waals surface area (Å²) in [6, 6.07) is 27.4. The molecule has 0 atom stereocenters. The Morgan fingerprint density at radius 2 is 1.49 bits per heavy atom. The highest BCUT2D eigenvalue weighted by molar-refractivity contribution is 7.98. The molecule has 0 radical (unpaired) electrons. The molecule has 1 amide bonds. The number of hydrogen-bond donors (Lipinski definition) is 1. The molecule has 0 fully saturated rings. The van der Waals surface area contributed by atoms with Gasteiger partial charge in [0.25, 0.3) is 10.0 Å². The van der Waals surface area contributed by atoms with Crippen LogP contribution in [0.4, 0.5) is 11.4 Å². The van der Waals surface area contributed by atoms with Crippen LogP contribution in [0.15, 0.2) is 107 Å². The first-order valence-corrected chi connectivity index (χ1v) is 14.6. The second-order valence-electron chi connectivity index (χ2n) is 7.86. The maximum atomic E-state index is 13.6. The van der Waals surface area contributed by atoms with Crippen LogP contribution in [-0.4, -0.2) is 20.9 Å². The van der Waals surface area contributed by atoms with Crippen LogP contribution in [0.2, 0.25) is 15.1 Å². The highest BCUT2D eigenvalue weighted by Gasteiger charge is 2.29. The summed E-state index contributed by atoms with van der Waals surface area (Å²) in [6.07, 6.45) is 0. The van der Waals surface area contributed by atoms with Crippen molar-refractivity contribution in [3.8, 4) is 0 Å². The number of amides is 1. The molecule has 0 aromatic heterocycles. The molecule has 5 nitrogen and oxygen atoms in total. The third kappa shape index (κ3) is 6.80. The quantitative estimate of drug-likeness (QED) is 0.202. The molecule has 4 aromatic rings. The summed E-state index contributed by atoms with van der Waals surface area (Å²) >= 11 is 20.1. The highest BCUT2D eigenvalue weighted by atomic mass is 35.5. The van der Waals surface area contributed by atoms with Crippen LogP contribution in [-0.2, 0) is 20.6 Å². The van der Waals surface area contributed by atoms with Gasteiger partial charge in [-0.05, 0) is 54.1 Å². The minimum Gasteiger partial charge on any atom is -0.323 e. The molecule has 0 aliphatic heterocycles. The molecule has 0 bridgehead atoms. The Balaban J connectivity index is 1.59. The molecule has 0 saturated heterocycles. The summed E-state index contributed by atoms with van der Waals surface area (Å²) in [5.74, 6) is 0.131. The van der Waals surface area contributed by atoms with Crippen molar-refractivity contribution in [2.75, 3.05) is 16.2 Å². The van der Waals surface area contributed by atoms with E-state index >= 15 is 0 Å². The van der Waals surface area contributed by atoms with Crippen molar-refractivity contribution in [1.82, 2.24) is 0 Å². The Hall–Kier alpha value is -2.68. The summed E-state index contributed by atoms with van der Waals surface area (Å²) in [7, 11) is -4.13. The molecule has 190 valence electrons. The number of rotatable bonds is 9. The predicted molar refractivity (Wildman–Crippen MR) is 154 cm³/mol. The van der Waals surface area contributed by atoms with E-state index in [2.05, 4.69) is 5.32 Å². The van der Waals surface area contributed by atoms with Gasteiger partial charge in [-0.15, -0.1) is 11.8 Å². The zero-order valence-electron chi connectivity index (χ0n) is 19.3. The molecular weight excluding hydrogens is 571 g/mol. The second-order valence-corrected chi connectivity index (χ2v) is 12.0. The third-order valence-electron chi connectivity index (χ3n) is 5.29. The van der Waals surface area contributed by atoms with E-state index in [1.54, 1.807) is 54.2 Å². The molecule has 37 heavy (non-hydrogen) atoms. The molecule has 0 spiro atoms. The van der Waals surface area contributed by atoms with E-state index in [9.17, 15) is 13.2 Å². The van der Waals surface area contributed by atoms with Crippen molar-refractivity contribution in [3.05, 3.63) is 118 Å². The van der Waals surface area contributed by atoms with Crippen molar-refractivity contribution in [2.24, 2.45) is 0 Å². The first kappa shape index (κ1) is 27.4. The summed E-state index contributed by atoms with van der Waals surface area (Å²) in [6.45, 7) is -0.506. The van der Waals surface area contributed by atoms with E-state index in [0.29, 0.717) is 16.5 Å². The number of sulfonamides is 1. The van der Waals surface area contributed by atoms with Crippen LogP contribution in [0.5, 0.6) is 0 Å². The molecule has 0 unspecified atom stereocenters. The van der Waals surface area contributed by atoms with Crippen LogP contribution in [0.1, 0.15) is 5.56 Å². The van der Waals surface area contributed by atoms with Crippen molar-refractivity contribution in [2.45, 2.75) is 15.5 Å². The van der Waals surface area contributed by atoms with Crippen molar-refractivity contribution >= 4 is 73.9 Å². The van der Waals surface area contributed by atoms with Gasteiger partial charge in [-0.25, -0.2) is 8.42 Å². The van der Waals surface area contributed by atoms with Crippen molar-refractivity contribution in [1.29, 1.82) is 0 Å². The minimum absolute atomic E-state index is 0.0257. The largest absolute Gasteiger partial charge is 0.323 e. The molecule has 0 aliphatic carbocycles. The average Bonchev–Trinajstić information content (AvgIpc) is 2.90. The molecule has 4 rings (SSSR count). The molecule has 0 saturated carbocycles. The Bertz CT molecular complexity index is 1500. The minimum atomic E-state index is -4.13. The zero-order valence-corrected chi connectivity index (χ0v) is 23.2. The lowest BCUT2D eigenvalue weighted by Gasteiger charge is -2.25. The van der Waals surface area contributed by atoms with Gasteiger partial charge in [0, 0.05) is 15.7 Å². The van der Waals surface area contributed by atoms with Crippen molar-refractivity contribution in [3.63, 3.8) is 0 Å². The Labute approximate surface area is 235 Å². The fourth-order valence-electron chi connectivity index (χ4n) is 3.46. The normalized spacial score (nSPS) is 11.2. The first-order chi connectivity index (χ1) is 17.8. The van der Waals surface area contributed by atoms with Gasteiger partial charge in [-0.1, -0.05) is 83.3 Å². The van der Waals surface area contributed by atoms with Crippen LogP contribution >= 0.6 is 46.6 Å². The number of nitrogens with zero attached hydrogens (tertiary/aromatic N) is 1. The van der Waals surface area contributed by atoms with Gasteiger partial charge in [0.05, 0.1) is 26.3 Å². The van der Waals surface area contributed by atoms with E-state index in [4.69, 9.17) is 34.8 Å². The molecule has 0 heterocycles. The van der Waals surface area contributed by atoms with Gasteiger partial charge in [0.2, 0.25) is 5.91 Å². The Kier molecular flexibility index (Phi) is 9.05. The number of hydrogen-bond acceptors (Lipinski definition) is 4. The summed E-state index contributed by atoms with van der Waals surface area (Å²) in [5, 5.41) is 3.73.